The predicted octanol–water partition coefficient (Wildman–Crippen LogP) is 2.06. The molecule has 4 nitrogen and oxygen atoms in total. The number of nitrogens with one attached hydrogen (secondary N) is 2. The Morgan fingerprint density at radius 1 is 1.16 bits per heavy atom. The molecule has 19 heavy (non-hydrogen) atoms. The fraction of sp³-hybridized carbons (Fsp3) is 0.571. The first-order chi connectivity index (χ1) is 9.03. The van der Waals surface area contributed by atoms with Crippen molar-refractivity contribution < 1.29 is 8.42 Å². The lowest BCUT2D eigenvalue weighted by Gasteiger charge is -2.19. The Labute approximate surface area is 116 Å². The maximum Gasteiger partial charge on any atom is 0.208 e. The van der Waals surface area contributed by atoms with Crippen molar-refractivity contribution in [1.29, 1.82) is 0 Å². The minimum Gasteiger partial charge on any atom is -0.309 e. The van der Waals surface area contributed by atoms with Crippen LogP contribution in [0.15, 0.2) is 30.3 Å². The highest BCUT2D eigenvalue weighted by molar-refractivity contribution is 7.88. The van der Waals surface area contributed by atoms with E-state index in [4.69, 9.17) is 0 Å². The summed E-state index contributed by atoms with van der Waals surface area (Å²) in [7, 11) is -3.09. The summed E-state index contributed by atoms with van der Waals surface area (Å²) in [6.07, 6.45) is 4.57. The molecule has 0 aliphatic heterocycles. The number of hydrogen-bond acceptors (Lipinski definition) is 3. The second-order valence-corrected chi connectivity index (χ2v) is 6.56. The van der Waals surface area contributed by atoms with Crippen LogP contribution in [0.4, 0.5) is 0 Å². The van der Waals surface area contributed by atoms with E-state index >= 15 is 0 Å². The topological polar surface area (TPSA) is 58.2 Å². The molecule has 1 rings (SSSR count). The third-order valence-electron chi connectivity index (χ3n) is 2.93. The molecule has 0 heterocycles. The molecule has 0 fully saturated rings. The van der Waals surface area contributed by atoms with Gasteiger partial charge in [0.2, 0.25) is 10.0 Å². The summed E-state index contributed by atoms with van der Waals surface area (Å²) in [6, 6.07) is 10.6. The molecular formula is C14H24N2O2S. The summed E-state index contributed by atoms with van der Waals surface area (Å²) in [5.74, 6) is 0. The van der Waals surface area contributed by atoms with Gasteiger partial charge < -0.3 is 5.32 Å². The van der Waals surface area contributed by atoms with E-state index in [9.17, 15) is 8.42 Å². The lowest BCUT2D eigenvalue weighted by atomic mass is 10.0. The minimum atomic E-state index is -3.09. The maximum atomic E-state index is 11.0. The average molecular weight is 284 g/mol. The van der Waals surface area contributed by atoms with Gasteiger partial charge in [0, 0.05) is 19.1 Å². The zero-order valence-corrected chi connectivity index (χ0v) is 12.5. The summed E-state index contributed by atoms with van der Waals surface area (Å²) in [4.78, 5) is 0. The van der Waals surface area contributed by atoms with Gasteiger partial charge in [0.1, 0.15) is 0 Å². The standard InChI is InChI=1S/C14H24N2O2S/c1-3-4-10-14(13-8-6-5-7-9-13)15-11-12-16-19(2,17)18/h5-9,14-16H,3-4,10-12H2,1-2H3. The molecular weight excluding hydrogens is 260 g/mol. The molecule has 5 heteroatoms. The fourth-order valence-corrected chi connectivity index (χ4v) is 2.44. The molecule has 0 saturated heterocycles. The summed E-state index contributed by atoms with van der Waals surface area (Å²) in [5, 5.41) is 3.42. The lowest BCUT2D eigenvalue weighted by molar-refractivity contribution is 0.482. The summed E-state index contributed by atoms with van der Waals surface area (Å²) < 4.78 is 24.5. The van der Waals surface area contributed by atoms with Crippen molar-refractivity contribution in [2.45, 2.75) is 32.2 Å². The van der Waals surface area contributed by atoms with E-state index in [1.807, 2.05) is 18.2 Å². The Morgan fingerprint density at radius 2 is 1.84 bits per heavy atom. The molecule has 1 atom stereocenters. The van der Waals surface area contributed by atoms with Crippen molar-refractivity contribution in [3.05, 3.63) is 35.9 Å². The lowest BCUT2D eigenvalue weighted by Crippen LogP contribution is -2.33. The molecule has 1 aromatic rings. The van der Waals surface area contributed by atoms with Crippen LogP contribution in [0, 0.1) is 0 Å². The molecule has 0 bridgehead atoms. The molecule has 0 amide bonds. The SMILES string of the molecule is CCCCC(NCCNS(C)(=O)=O)c1ccccc1. The largest absolute Gasteiger partial charge is 0.309 e. The minimum absolute atomic E-state index is 0.294. The smallest absolute Gasteiger partial charge is 0.208 e. The predicted molar refractivity (Wildman–Crippen MR) is 79.6 cm³/mol. The van der Waals surface area contributed by atoms with Crippen LogP contribution in [0.25, 0.3) is 0 Å². The van der Waals surface area contributed by atoms with Gasteiger partial charge in [-0.05, 0) is 12.0 Å². The molecule has 2 N–H and O–H groups in total. The normalized spacial score (nSPS) is 13.4. The van der Waals surface area contributed by atoms with Crippen molar-refractivity contribution in [1.82, 2.24) is 10.0 Å². The first kappa shape index (κ1) is 16.1. The fourth-order valence-electron chi connectivity index (χ4n) is 1.96. The van der Waals surface area contributed by atoms with Gasteiger partial charge in [-0.2, -0.15) is 0 Å². The maximum absolute atomic E-state index is 11.0. The molecule has 0 aromatic heterocycles. The molecule has 0 spiro atoms. The second kappa shape index (κ2) is 8.30. The molecule has 0 saturated carbocycles. The van der Waals surface area contributed by atoms with Crippen molar-refractivity contribution in [3.8, 4) is 0 Å². The van der Waals surface area contributed by atoms with E-state index in [0.717, 1.165) is 19.3 Å². The quantitative estimate of drug-likeness (QED) is 0.682. The van der Waals surface area contributed by atoms with Crippen LogP contribution in [-0.2, 0) is 10.0 Å². The number of rotatable bonds is 9. The Bertz CT molecular complexity index is 446. The van der Waals surface area contributed by atoms with Gasteiger partial charge in [-0.1, -0.05) is 50.1 Å². The number of sulfonamides is 1. The third kappa shape index (κ3) is 7.30. The van der Waals surface area contributed by atoms with E-state index in [-0.39, 0.29) is 0 Å². The number of hydrogen-bond donors (Lipinski definition) is 2. The van der Waals surface area contributed by atoms with Crippen LogP contribution < -0.4 is 10.0 Å². The molecule has 0 radical (unpaired) electrons. The van der Waals surface area contributed by atoms with E-state index in [1.165, 1.54) is 11.8 Å². The van der Waals surface area contributed by atoms with E-state index in [1.54, 1.807) is 0 Å². The Morgan fingerprint density at radius 3 is 2.42 bits per heavy atom. The van der Waals surface area contributed by atoms with E-state index < -0.39 is 10.0 Å². The van der Waals surface area contributed by atoms with Gasteiger partial charge in [-0.25, -0.2) is 13.1 Å². The first-order valence-corrected chi connectivity index (χ1v) is 8.65. The van der Waals surface area contributed by atoms with Gasteiger partial charge in [0.15, 0.2) is 0 Å². The highest BCUT2D eigenvalue weighted by Crippen LogP contribution is 2.18. The van der Waals surface area contributed by atoms with Crippen LogP contribution in [0.2, 0.25) is 0 Å². The van der Waals surface area contributed by atoms with Gasteiger partial charge in [-0.3, -0.25) is 0 Å². The highest BCUT2D eigenvalue weighted by Gasteiger charge is 2.09. The average Bonchev–Trinajstić information content (AvgIpc) is 2.38. The van der Waals surface area contributed by atoms with Crippen molar-refractivity contribution >= 4 is 10.0 Å². The zero-order valence-electron chi connectivity index (χ0n) is 11.7. The van der Waals surface area contributed by atoms with Crippen LogP contribution in [-0.4, -0.2) is 27.8 Å². The molecule has 0 aliphatic carbocycles. The Hall–Kier alpha value is -0.910. The first-order valence-electron chi connectivity index (χ1n) is 6.76. The van der Waals surface area contributed by atoms with Gasteiger partial charge in [-0.15, -0.1) is 0 Å². The molecule has 1 unspecified atom stereocenters. The van der Waals surface area contributed by atoms with E-state index in [0.29, 0.717) is 19.1 Å². The second-order valence-electron chi connectivity index (χ2n) is 4.73. The third-order valence-corrected chi connectivity index (χ3v) is 3.66. The summed E-state index contributed by atoms with van der Waals surface area (Å²) in [5.41, 5.74) is 1.26. The Balaban J connectivity index is 2.47. The van der Waals surface area contributed by atoms with Gasteiger partial charge in [0.25, 0.3) is 0 Å². The van der Waals surface area contributed by atoms with E-state index in [2.05, 4.69) is 29.1 Å². The van der Waals surface area contributed by atoms with Gasteiger partial charge >= 0.3 is 0 Å². The van der Waals surface area contributed by atoms with Crippen LogP contribution in [0.3, 0.4) is 0 Å². The zero-order chi connectivity index (χ0) is 14.1. The van der Waals surface area contributed by atoms with Crippen molar-refractivity contribution in [2.24, 2.45) is 0 Å². The van der Waals surface area contributed by atoms with Crippen LogP contribution in [0.1, 0.15) is 37.8 Å². The molecule has 0 aliphatic rings. The molecule has 1 aromatic carbocycles. The number of unbranched alkanes of at least 4 members (excludes halogenated alkanes) is 1. The van der Waals surface area contributed by atoms with Gasteiger partial charge in [0.05, 0.1) is 6.26 Å². The number of benzene rings is 1. The van der Waals surface area contributed by atoms with Crippen molar-refractivity contribution in [2.75, 3.05) is 19.3 Å². The van der Waals surface area contributed by atoms with Crippen LogP contribution in [0.5, 0.6) is 0 Å². The molecule has 108 valence electrons. The Kier molecular flexibility index (Phi) is 7.05. The van der Waals surface area contributed by atoms with Crippen molar-refractivity contribution in [3.63, 3.8) is 0 Å². The summed E-state index contributed by atoms with van der Waals surface area (Å²) >= 11 is 0. The van der Waals surface area contributed by atoms with Crippen LogP contribution >= 0.6 is 0 Å². The highest BCUT2D eigenvalue weighted by atomic mass is 32.2. The summed E-state index contributed by atoms with van der Waals surface area (Å²) in [6.45, 7) is 3.23. The monoisotopic (exact) mass is 284 g/mol.